The molecule has 220 valence electrons. The van der Waals surface area contributed by atoms with Crippen molar-refractivity contribution < 1.29 is 9.47 Å². The summed E-state index contributed by atoms with van der Waals surface area (Å²) in [6.45, 7) is 4.10. The first-order valence-electron chi connectivity index (χ1n) is 14.1. The second-order valence-corrected chi connectivity index (χ2v) is 10.8. The van der Waals surface area contributed by atoms with Gasteiger partial charge in [-0.05, 0) is 43.0 Å². The Hall–Kier alpha value is -4.38. The van der Waals surface area contributed by atoms with Gasteiger partial charge in [-0.3, -0.25) is 9.78 Å². The van der Waals surface area contributed by atoms with Gasteiger partial charge in [-0.15, -0.1) is 0 Å². The summed E-state index contributed by atoms with van der Waals surface area (Å²) in [7, 11) is 3.22. The molecule has 0 amide bonds. The number of anilines is 2. The number of hydrogen-bond acceptors (Lipinski definition) is 9. The van der Waals surface area contributed by atoms with Crippen molar-refractivity contribution in [3.05, 3.63) is 87.7 Å². The topological polar surface area (TPSA) is 116 Å². The Morgan fingerprint density at radius 1 is 1.05 bits per heavy atom. The Kier molecular flexibility index (Phi) is 8.33. The molecule has 0 unspecified atom stereocenters. The summed E-state index contributed by atoms with van der Waals surface area (Å²) < 4.78 is 12.4. The van der Waals surface area contributed by atoms with Crippen molar-refractivity contribution in [3.63, 3.8) is 0 Å². The summed E-state index contributed by atoms with van der Waals surface area (Å²) in [6.07, 6.45) is 7.00. The molecule has 43 heavy (non-hydrogen) atoms. The summed E-state index contributed by atoms with van der Waals surface area (Å²) >= 11 is 7.06. The van der Waals surface area contributed by atoms with Gasteiger partial charge >= 0.3 is 0 Å². The number of aryl methyl sites for hydroxylation is 1. The average molecular weight is 598 g/mol. The lowest BCUT2D eigenvalue weighted by Gasteiger charge is -2.23. The molecule has 0 bridgehead atoms. The smallest absolute Gasteiger partial charge is 0.278 e. The van der Waals surface area contributed by atoms with Gasteiger partial charge in [0.25, 0.3) is 5.56 Å². The zero-order chi connectivity index (χ0) is 29.9. The lowest BCUT2D eigenvalue weighted by atomic mass is 9.96. The molecular weight excluding hydrogens is 566 g/mol. The van der Waals surface area contributed by atoms with Crippen LogP contribution in [0, 0.1) is 6.92 Å². The van der Waals surface area contributed by atoms with Crippen LogP contribution in [0.1, 0.15) is 24.1 Å². The summed E-state index contributed by atoms with van der Waals surface area (Å²) in [5.74, 6) is 0.930. The molecular formula is C32H32ClN7O3. The minimum absolute atomic E-state index is 0.223. The van der Waals surface area contributed by atoms with Crippen LogP contribution in [0.15, 0.2) is 65.8 Å². The highest BCUT2D eigenvalue weighted by Gasteiger charge is 2.19. The fraction of sp³-hybridized carbons (Fsp3) is 0.281. The van der Waals surface area contributed by atoms with Crippen LogP contribution < -0.4 is 20.9 Å². The third-order valence-electron chi connectivity index (χ3n) is 7.80. The minimum atomic E-state index is -0.223. The maximum absolute atomic E-state index is 12.9. The molecule has 1 fully saturated rings. The largest absolute Gasteiger partial charge is 0.480 e. The second-order valence-electron chi connectivity index (χ2n) is 10.4. The fourth-order valence-electron chi connectivity index (χ4n) is 5.35. The maximum Gasteiger partial charge on any atom is 0.278 e. The van der Waals surface area contributed by atoms with E-state index < -0.39 is 0 Å². The molecule has 0 atom stereocenters. The third kappa shape index (κ3) is 5.81. The maximum atomic E-state index is 12.9. The van der Waals surface area contributed by atoms with E-state index >= 15 is 0 Å². The molecule has 2 N–H and O–H groups in total. The Balaban J connectivity index is 1.31. The zero-order valence-electron chi connectivity index (χ0n) is 24.2. The standard InChI is InChI=1S/C32H32ClN7O3/c1-19-22(6-5-9-25(19)38-30-28-20(10-13-34-30)16-37-40(2)32(28)41)23-7-4-8-24(29(23)33)26-17-36-27(31(39-26)42-3)18-35-21-11-14-43-15-12-21/h4-10,13,16-17,21,35H,11-12,14-15,18H2,1-3H3,(H,34,38). The van der Waals surface area contributed by atoms with Crippen LogP contribution in [0.25, 0.3) is 33.2 Å². The number of fused-ring (bicyclic) bond motifs is 1. The molecule has 11 heteroatoms. The average Bonchev–Trinajstić information content (AvgIpc) is 3.03. The van der Waals surface area contributed by atoms with E-state index in [0.717, 1.165) is 59.7 Å². The van der Waals surface area contributed by atoms with Crippen molar-refractivity contribution in [2.24, 2.45) is 7.05 Å². The molecule has 1 saturated heterocycles. The first-order chi connectivity index (χ1) is 20.9. The fourth-order valence-corrected chi connectivity index (χ4v) is 5.67. The van der Waals surface area contributed by atoms with Gasteiger partial charge in [-0.25, -0.2) is 14.6 Å². The molecule has 5 aromatic rings. The summed E-state index contributed by atoms with van der Waals surface area (Å²) in [5.41, 5.74) is 5.42. The normalized spacial score (nSPS) is 13.8. The van der Waals surface area contributed by atoms with Gasteiger partial charge in [0.15, 0.2) is 0 Å². The van der Waals surface area contributed by atoms with Crippen LogP contribution in [0.3, 0.4) is 0 Å². The van der Waals surface area contributed by atoms with Crippen LogP contribution >= 0.6 is 11.6 Å². The molecule has 1 aliphatic heterocycles. The van der Waals surface area contributed by atoms with Gasteiger partial charge in [0.2, 0.25) is 5.88 Å². The lowest BCUT2D eigenvalue weighted by molar-refractivity contribution is 0.0774. The Bertz CT molecular complexity index is 1850. The molecule has 6 rings (SSSR count). The first kappa shape index (κ1) is 28.7. The number of nitrogens with zero attached hydrogens (tertiary/aromatic N) is 5. The number of benzene rings is 2. The van der Waals surface area contributed by atoms with E-state index in [1.54, 1.807) is 38.8 Å². The highest BCUT2D eigenvalue weighted by molar-refractivity contribution is 6.36. The van der Waals surface area contributed by atoms with Crippen LogP contribution in [-0.4, -0.2) is 51.1 Å². The molecule has 0 aliphatic carbocycles. The van der Waals surface area contributed by atoms with Gasteiger partial charge in [-0.1, -0.05) is 41.9 Å². The number of rotatable bonds is 8. The van der Waals surface area contributed by atoms with Crippen LogP contribution in [-0.2, 0) is 18.3 Å². The zero-order valence-corrected chi connectivity index (χ0v) is 25.0. The number of methoxy groups -OCH3 is 1. The SMILES string of the molecule is COc1nc(-c2cccc(-c3cccc(Nc4nccc5cnn(C)c(=O)c45)c3C)c2Cl)cnc1CNC1CCOCC1. The first-order valence-corrected chi connectivity index (χ1v) is 14.5. The molecule has 1 aliphatic rings. The van der Waals surface area contributed by atoms with Crippen molar-refractivity contribution in [2.75, 3.05) is 25.6 Å². The van der Waals surface area contributed by atoms with E-state index in [0.29, 0.717) is 45.8 Å². The van der Waals surface area contributed by atoms with Gasteiger partial charge in [0.05, 0.1) is 35.6 Å². The minimum Gasteiger partial charge on any atom is -0.480 e. The van der Waals surface area contributed by atoms with Crippen molar-refractivity contribution in [3.8, 4) is 28.3 Å². The van der Waals surface area contributed by atoms with Crippen molar-refractivity contribution in [1.29, 1.82) is 0 Å². The van der Waals surface area contributed by atoms with E-state index in [1.807, 2.05) is 43.3 Å². The van der Waals surface area contributed by atoms with E-state index in [1.165, 1.54) is 4.68 Å². The Labute approximate surface area is 254 Å². The number of aromatic nitrogens is 5. The third-order valence-corrected chi connectivity index (χ3v) is 8.20. The number of ether oxygens (including phenoxy) is 2. The number of halogens is 1. The van der Waals surface area contributed by atoms with Gasteiger partial charge < -0.3 is 20.1 Å². The number of pyridine rings is 1. The lowest BCUT2D eigenvalue weighted by Crippen LogP contribution is -2.34. The van der Waals surface area contributed by atoms with Crippen molar-refractivity contribution in [1.82, 2.24) is 30.0 Å². The Morgan fingerprint density at radius 2 is 1.81 bits per heavy atom. The molecule has 2 aromatic carbocycles. The monoisotopic (exact) mass is 597 g/mol. The van der Waals surface area contributed by atoms with Crippen LogP contribution in [0.4, 0.5) is 11.5 Å². The summed E-state index contributed by atoms with van der Waals surface area (Å²) in [5, 5.41) is 12.8. The molecule has 0 spiro atoms. The summed E-state index contributed by atoms with van der Waals surface area (Å²) in [6, 6.07) is 13.9. The van der Waals surface area contributed by atoms with Gasteiger partial charge in [0, 0.05) is 61.2 Å². The molecule has 3 aromatic heterocycles. The van der Waals surface area contributed by atoms with Crippen molar-refractivity contribution >= 4 is 33.9 Å². The van der Waals surface area contributed by atoms with Crippen LogP contribution in [0.5, 0.6) is 5.88 Å². The van der Waals surface area contributed by atoms with Gasteiger partial charge in [0.1, 0.15) is 11.5 Å². The van der Waals surface area contributed by atoms with Gasteiger partial charge in [-0.2, -0.15) is 5.10 Å². The van der Waals surface area contributed by atoms with E-state index in [-0.39, 0.29) is 5.56 Å². The number of hydrogen-bond donors (Lipinski definition) is 2. The predicted molar refractivity (Wildman–Crippen MR) is 168 cm³/mol. The predicted octanol–water partition coefficient (Wildman–Crippen LogP) is 5.44. The highest BCUT2D eigenvalue weighted by atomic mass is 35.5. The molecule has 0 saturated carbocycles. The van der Waals surface area contributed by atoms with E-state index in [4.69, 9.17) is 26.1 Å². The quantitative estimate of drug-likeness (QED) is 0.241. The van der Waals surface area contributed by atoms with E-state index in [2.05, 4.69) is 25.7 Å². The van der Waals surface area contributed by atoms with Crippen LogP contribution in [0.2, 0.25) is 5.02 Å². The molecule has 0 radical (unpaired) electrons. The number of nitrogens with one attached hydrogen (secondary N) is 2. The summed E-state index contributed by atoms with van der Waals surface area (Å²) in [4.78, 5) is 26.8. The van der Waals surface area contributed by atoms with Crippen molar-refractivity contribution in [2.45, 2.75) is 32.4 Å². The Morgan fingerprint density at radius 3 is 2.63 bits per heavy atom. The molecule has 10 nitrogen and oxygen atoms in total. The highest BCUT2D eigenvalue weighted by Crippen LogP contribution is 2.39. The van der Waals surface area contributed by atoms with E-state index in [9.17, 15) is 4.79 Å². The second kappa shape index (κ2) is 12.5. The molecule has 4 heterocycles.